The average molecular weight is 1080 g/mol. The van der Waals surface area contributed by atoms with Crippen LogP contribution in [0, 0.1) is 0 Å². The van der Waals surface area contributed by atoms with Crippen LogP contribution >= 0.6 is 0 Å². The van der Waals surface area contributed by atoms with Crippen molar-refractivity contribution in [1.29, 1.82) is 0 Å². The van der Waals surface area contributed by atoms with Crippen LogP contribution in [0.2, 0.25) is 0 Å². The third-order valence-corrected chi connectivity index (χ3v) is 23.6. The summed E-state index contributed by atoms with van der Waals surface area (Å²) in [5.74, 6) is 0. The molecule has 0 bridgehead atoms. The highest BCUT2D eigenvalue weighted by molar-refractivity contribution is 7.22. The second-order valence-corrected chi connectivity index (χ2v) is 26.8. The van der Waals surface area contributed by atoms with E-state index in [1.54, 1.807) is 0 Å². The zero-order valence-corrected chi connectivity index (χ0v) is 46.9. The first-order valence-corrected chi connectivity index (χ1v) is 31.4. The van der Waals surface area contributed by atoms with Crippen molar-refractivity contribution >= 4 is 136 Å². The minimum atomic E-state index is -3.38. The molecule has 3 nitrogen and oxygen atoms in total. The molecule has 5 heterocycles. The van der Waals surface area contributed by atoms with Crippen LogP contribution in [0.4, 0.5) is 17.1 Å². The molecule has 0 aliphatic carbocycles. The molecule has 0 saturated heterocycles. The molecular weight excluding hydrogens is 1030 g/mol. The SMILES string of the molecule is c1ccc(B2c3cccc4c3N3c5c2cc(-c2ccc6c7ccccc7n(-c7ccccc7)c6c2)cc5[Si](c2ccccc2)(c2ccccc2)c2cc(-c5ccc6c7ccccc7n(-c7ccccc7)c6c5)cc(c23)B4c2ccccc2)cc1. The lowest BCUT2D eigenvalue weighted by molar-refractivity contribution is 1.18. The van der Waals surface area contributed by atoms with Gasteiger partial charge in [0.25, 0.3) is 0 Å². The van der Waals surface area contributed by atoms with E-state index in [1.165, 1.54) is 136 Å². The van der Waals surface area contributed by atoms with Crippen LogP contribution in [0.3, 0.4) is 0 Å². The van der Waals surface area contributed by atoms with Crippen molar-refractivity contribution < 1.29 is 0 Å². The molecule has 18 rings (SSSR count). The van der Waals surface area contributed by atoms with E-state index < -0.39 is 8.07 Å². The third kappa shape index (κ3) is 6.65. The predicted molar refractivity (Wildman–Crippen MR) is 360 cm³/mol. The van der Waals surface area contributed by atoms with E-state index >= 15 is 0 Å². The van der Waals surface area contributed by atoms with Gasteiger partial charge in [-0.1, -0.05) is 272 Å². The Morgan fingerprint density at radius 3 is 1.05 bits per heavy atom. The summed E-state index contributed by atoms with van der Waals surface area (Å²) in [5, 5.41) is 10.5. The van der Waals surface area contributed by atoms with Gasteiger partial charge in [0.15, 0.2) is 8.07 Å². The van der Waals surface area contributed by atoms with Crippen LogP contribution in [-0.2, 0) is 0 Å². The van der Waals surface area contributed by atoms with Gasteiger partial charge in [-0.15, -0.1) is 0 Å². The van der Waals surface area contributed by atoms with Crippen LogP contribution in [-0.4, -0.2) is 30.6 Å². The zero-order valence-electron chi connectivity index (χ0n) is 45.9. The molecule has 0 radical (unpaired) electrons. The first-order valence-electron chi connectivity index (χ1n) is 29.4. The molecule has 0 spiro atoms. The molecule has 0 fully saturated rings. The van der Waals surface area contributed by atoms with Crippen molar-refractivity contribution in [1.82, 2.24) is 9.13 Å². The molecule has 84 heavy (non-hydrogen) atoms. The Kier molecular flexibility index (Phi) is 10.3. The highest BCUT2D eigenvalue weighted by Gasteiger charge is 2.56. The van der Waals surface area contributed by atoms with Gasteiger partial charge in [0.05, 0.1) is 22.1 Å². The number of para-hydroxylation sites is 5. The summed E-state index contributed by atoms with van der Waals surface area (Å²) in [6, 6.07) is 118. The highest BCUT2D eigenvalue weighted by atomic mass is 28.3. The maximum atomic E-state index is 2.77. The lowest BCUT2D eigenvalue weighted by atomic mass is 9.30. The number of hydrogen-bond acceptors (Lipinski definition) is 1. The van der Waals surface area contributed by atoms with E-state index in [1.807, 2.05) is 0 Å². The molecule has 0 amide bonds. The molecule has 0 N–H and O–H groups in total. The van der Waals surface area contributed by atoms with Crippen LogP contribution in [0.15, 0.2) is 309 Å². The van der Waals surface area contributed by atoms with Gasteiger partial charge in [-0.2, -0.15) is 0 Å². The Morgan fingerprint density at radius 2 is 0.619 bits per heavy atom. The zero-order chi connectivity index (χ0) is 55.0. The van der Waals surface area contributed by atoms with Gasteiger partial charge in [-0.25, -0.2) is 0 Å². The van der Waals surface area contributed by atoms with E-state index in [4.69, 9.17) is 0 Å². The summed E-state index contributed by atoms with van der Waals surface area (Å²) in [7, 11) is -3.38. The fourth-order valence-corrected chi connectivity index (χ4v) is 20.7. The summed E-state index contributed by atoms with van der Waals surface area (Å²) in [6.45, 7) is -0.100. The summed E-state index contributed by atoms with van der Waals surface area (Å²) in [5.41, 5.74) is 23.8. The number of benzene rings is 13. The molecule has 2 aromatic heterocycles. The Hall–Kier alpha value is -10.4. The van der Waals surface area contributed by atoms with E-state index in [0.29, 0.717) is 0 Å². The first-order chi connectivity index (χ1) is 41.7. The van der Waals surface area contributed by atoms with Gasteiger partial charge in [-0.3, -0.25) is 0 Å². The number of aromatic nitrogens is 2. The topological polar surface area (TPSA) is 13.1 Å². The number of fused-ring (bicyclic) bond motifs is 6. The van der Waals surface area contributed by atoms with E-state index in [0.717, 1.165) is 11.4 Å². The fraction of sp³-hybridized carbons (Fsp3) is 0. The van der Waals surface area contributed by atoms with Crippen molar-refractivity contribution in [2.45, 2.75) is 0 Å². The molecule has 15 aromatic rings. The van der Waals surface area contributed by atoms with Gasteiger partial charge in [0, 0.05) is 50.0 Å². The maximum absolute atomic E-state index is 3.38. The van der Waals surface area contributed by atoms with Crippen molar-refractivity contribution in [3.05, 3.63) is 309 Å². The number of nitrogens with zero attached hydrogens (tertiary/aromatic N) is 3. The molecule has 0 atom stereocenters. The van der Waals surface area contributed by atoms with E-state index in [-0.39, 0.29) is 13.4 Å². The van der Waals surface area contributed by atoms with Gasteiger partial charge in [0.2, 0.25) is 13.4 Å². The number of anilines is 3. The Bertz CT molecular complexity index is 4820. The van der Waals surface area contributed by atoms with Crippen molar-refractivity contribution in [3.63, 3.8) is 0 Å². The monoisotopic (exact) mass is 1080 g/mol. The summed E-state index contributed by atoms with van der Waals surface area (Å²) < 4.78 is 4.92. The summed E-state index contributed by atoms with van der Waals surface area (Å²) in [6.07, 6.45) is 0. The van der Waals surface area contributed by atoms with Crippen molar-refractivity contribution in [3.8, 4) is 33.6 Å². The van der Waals surface area contributed by atoms with Crippen LogP contribution in [0.1, 0.15) is 0 Å². The largest absolute Gasteiger partial charge is 0.313 e. The second kappa shape index (κ2) is 18.3. The molecule has 0 saturated carbocycles. The Morgan fingerprint density at radius 1 is 0.250 bits per heavy atom. The van der Waals surface area contributed by atoms with Gasteiger partial charge >= 0.3 is 0 Å². The minimum Gasteiger partial charge on any atom is -0.313 e. The normalized spacial score (nSPS) is 13.5. The van der Waals surface area contributed by atoms with Gasteiger partial charge in [-0.05, 0) is 113 Å². The van der Waals surface area contributed by atoms with E-state index in [9.17, 15) is 0 Å². The Balaban J connectivity index is 1.00. The minimum absolute atomic E-state index is 0.0502. The average Bonchev–Trinajstić information content (AvgIpc) is 0.881. The molecule has 6 heteroatoms. The van der Waals surface area contributed by atoms with Crippen LogP contribution < -0.4 is 58.4 Å². The quantitative estimate of drug-likeness (QED) is 0.138. The summed E-state index contributed by atoms with van der Waals surface area (Å²) in [4.78, 5) is 2.77. The van der Waals surface area contributed by atoms with E-state index in [2.05, 4.69) is 323 Å². The van der Waals surface area contributed by atoms with Crippen molar-refractivity contribution in [2.75, 3.05) is 4.90 Å². The van der Waals surface area contributed by atoms with Crippen LogP contribution in [0.5, 0.6) is 0 Å². The maximum Gasteiger partial charge on any atom is 0.246 e. The molecular formula is C78H51B2N3Si. The molecule has 3 aliphatic heterocycles. The highest BCUT2D eigenvalue weighted by Crippen LogP contribution is 2.44. The standard InChI is InChI=1S/C78H51B2N3Si/c1-7-24-56(25-8-1)79-66-38-23-39-67-76(66)83-77-68(79)46-54(52-42-44-64-62-36-19-21-40-70(62)81(72(64)48-52)58-28-11-3-12-29-58)50-74(77)84(60-32-15-5-16-33-60,61-34-17-6-18-35-61)75-51-55(47-69(78(75)83)80(67)57-26-9-2-10-27-57)53-43-45-65-63-37-20-22-41-71(63)82(73(65)49-53)59-30-13-4-14-31-59/h1-51H. The van der Waals surface area contributed by atoms with Crippen molar-refractivity contribution in [2.24, 2.45) is 0 Å². The first kappa shape index (κ1) is 47.3. The van der Waals surface area contributed by atoms with Crippen LogP contribution in [0.25, 0.3) is 77.2 Å². The van der Waals surface area contributed by atoms with Gasteiger partial charge in [0.1, 0.15) is 0 Å². The third-order valence-electron chi connectivity index (χ3n) is 18.8. The lowest BCUT2D eigenvalue weighted by Gasteiger charge is -2.53. The molecule has 13 aromatic carbocycles. The lowest BCUT2D eigenvalue weighted by Crippen LogP contribution is -2.81. The molecule has 3 aliphatic rings. The van der Waals surface area contributed by atoms with Gasteiger partial charge < -0.3 is 14.0 Å². The smallest absolute Gasteiger partial charge is 0.246 e. The molecule has 0 unspecified atom stereocenters. The second-order valence-electron chi connectivity index (χ2n) is 23.1. The fourth-order valence-electron chi connectivity index (χ4n) is 15.5. The number of hydrogen-bond donors (Lipinski definition) is 0. The molecule has 388 valence electrons. The number of rotatable bonds is 8. The predicted octanol–water partition coefficient (Wildman–Crippen LogP) is 12.0. The Labute approximate surface area is 489 Å². The summed E-state index contributed by atoms with van der Waals surface area (Å²) >= 11 is 0.